The Balaban J connectivity index is 2.15. The summed E-state index contributed by atoms with van der Waals surface area (Å²) in [6.45, 7) is 2.87. The van der Waals surface area contributed by atoms with Crippen molar-refractivity contribution < 1.29 is 4.79 Å². The molecule has 2 aromatic rings. The molecule has 1 amide bonds. The molecule has 0 unspecified atom stereocenters. The van der Waals surface area contributed by atoms with Crippen molar-refractivity contribution in [1.29, 1.82) is 0 Å². The van der Waals surface area contributed by atoms with Gasteiger partial charge < -0.3 is 4.90 Å². The third-order valence-corrected chi connectivity index (χ3v) is 3.27. The zero-order valence-corrected chi connectivity index (χ0v) is 12.3. The van der Waals surface area contributed by atoms with E-state index in [4.69, 9.17) is 11.6 Å². The van der Waals surface area contributed by atoms with Gasteiger partial charge in [-0.25, -0.2) is 0 Å². The fourth-order valence-corrected chi connectivity index (χ4v) is 2.21. The second-order valence-corrected chi connectivity index (χ2v) is 5.44. The summed E-state index contributed by atoms with van der Waals surface area (Å²) in [6.07, 6.45) is 0. The SMILES string of the molecule is C[C@@H](Cl)C(=O)N(Cc1ccccc1)Cc1ccccc1. The predicted octanol–water partition coefficient (Wildman–Crippen LogP) is 3.84. The van der Waals surface area contributed by atoms with Gasteiger partial charge in [0.2, 0.25) is 5.91 Å². The summed E-state index contributed by atoms with van der Waals surface area (Å²) in [6, 6.07) is 19.9. The lowest BCUT2D eigenvalue weighted by molar-refractivity contribution is -0.131. The molecule has 0 saturated heterocycles. The van der Waals surface area contributed by atoms with Crippen LogP contribution in [0.1, 0.15) is 18.1 Å². The van der Waals surface area contributed by atoms with Crippen LogP contribution in [0.15, 0.2) is 60.7 Å². The van der Waals surface area contributed by atoms with E-state index in [1.807, 2.05) is 60.7 Å². The predicted molar refractivity (Wildman–Crippen MR) is 82.5 cm³/mol. The number of alkyl halides is 1. The van der Waals surface area contributed by atoms with E-state index in [2.05, 4.69) is 0 Å². The average molecular weight is 288 g/mol. The maximum absolute atomic E-state index is 12.2. The largest absolute Gasteiger partial charge is 0.333 e. The van der Waals surface area contributed by atoms with Crippen LogP contribution in [-0.2, 0) is 17.9 Å². The van der Waals surface area contributed by atoms with E-state index in [-0.39, 0.29) is 5.91 Å². The Labute approximate surface area is 125 Å². The molecule has 104 valence electrons. The van der Waals surface area contributed by atoms with E-state index in [0.29, 0.717) is 13.1 Å². The van der Waals surface area contributed by atoms with E-state index in [1.165, 1.54) is 0 Å². The summed E-state index contributed by atoms with van der Waals surface area (Å²) < 4.78 is 0. The van der Waals surface area contributed by atoms with Crippen molar-refractivity contribution >= 4 is 17.5 Å². The number of amides is 1. The number of carbonyl (C=O) groups excluding carboxylic acids is 1. The first-order valence-electron chi connectivity index (χ1n) is 6.67. The highest BCUT2D eigenvalue weighted by Crippen LogP contribution is 2.13. The third kappa shape index (κ3) is 4.10. The number of halogens is 1. The highest BCUT2D eigenvalue weighted by Gasteiger charge is 2.19. The molecule has 0 saturated carbocycles. The first kappa shape index (κ1) is 14.6. The first-order valence-corrected chi connectivity index (χ1v) is 7.11. The van der Waals surface area contributed by atoms with Crippen LogP contribution in [0.4, 0.5) is 0 Å². The monoisotopic (exact) mass is 287 g/mol. The highest BCUT2D eigenvalue weighted by atomic mass is 35.5. The van der Waals surface area contributed by atoms with Crippen molar-refractivity contribution in [3.05, 3.63) is 71.8 Å². The maximum atomic E-state index is 12.2. The lowest BCUT2D eigenvalue weighted by atomic mass is 10.1. The Morgan fingerprint density at radius 3 is 1.70 bits per heavy atom. The van der Waals surface area contributed by atoms with Crippen LogP contribution in [0.3, 0.4) is 0 Å². The van der Waals surface area contributed by atoms with Gasteiger partial charge in [0.05, 0.1) is 0 Å². The Hall–Kier alpha value is -1.80. The van der Waals surface area contributed by atoms with Gasteiger partial charge in [-0.05, 0) is 18.1 Å². The number of hydrogen-bond donors (Lipinski definition) is 0. The normalized spacial score (nSPS) is 11.9. The molecular weight excluding hydrogens is 270 g/mol. The summed E-state index contributed by atoms with van der Waals surface area (Å²) in [5, 5.41) is -0.512. The van der Waals surface area contributed by atoms with Gasteiger partial charge >= 0.3 is 0 Å². The lowest BCUT2D eigenvalue weighted by Crippen LogP contribution is -2.34. The molecule has 2 aromatic carbocycles. The van der Waals surface area contributed by atoms with E-state index < -0.39 is 5.38 Å². The van der Waals surface area contributed by atoms with E-state index in [0.717, 1.165) is 11.1 Å². The minimum absolute atomic E-state index is 0.0422. The zero-order valence-electron chi connectivity index (χ0n) is 11.5. The Morgan fingerprint density at radius 2 is 1.35 bits per heavy atom. The van der Waals surface area contributed by atoms with Gasteiger partial charge in [0.25, 0.3) is 0 Å². The Kier molecular flexibility index (Phi) is 5.19. The molecule has 0 fully saturated rings. The number of hydrogen-bond acceptors (Lipinski definition) is 1. The fourth-order valence-electron chi connectivity index (χ4n) is 2.07. The van der Waals surface area contributed by atoms with E-state index in [9.17, 15) is 4.79 Å². The van der Waals surface area contributed by atoms with Gasteiger partial charge in [-0.1, -0.05) is 60.7 Å². The van der Waals surface area contributed by atoms with Gasteiger partial charge in [0, 0.05) is 13.1 Å². The van der Waals surface area contributed by atoms with E-state index in [1.54, 1.807) is 11.8 Å². The summed E-state index contributed by atoms with van der Waals surface area (Å²) in [4.78, 5) is 14.0. The van der Waals surface area contributed by atoms with Crippen molar-refractivity contribution in [2.75, 3.05) is 0 Å². The van der Waals surface area contributed by atoms with E-state index >= 15 is 0 Å². The molecule has 0 aliphatic carbocycles. The molecular formula is C17H18ClNO. The molecule has 2 rings (SSSR count). The third-order valence-electron chi connectivity index (χ3n) is 3.08. The standard InChI is InChI=1S/C17H18ClNO/c1-14(18)17(20)19(12-15-8-4-2-5-9-15)13-16-10-6-3-7-11-16/h2-11,14H,12-13H2,1H3/t14-/m1/s1. The highest BCUT2D eigenvalue weighted by molar-refractivity contribution is 6.30. The summed E-state index contributed by atoms with van der Waals surface area (Å²) in [5.41, 5.74) is 2.21. The van der Waals surface area contributed by atoms with Crippen molar-refractivity contribution in [3.63, 3.8) is 0 Å². The second kappa shape index (κ2) is 7.11. The smallest absolute Gasteiger partial charge is 0.240 e. The minimum Gasteiger partial charge on any atom is -0.333 e. The minimum atomic E-state index is -0.512. The van der Waals surface area contributed by atoms with Gasteiger partial charge in [-0.2, -0.15) is 0 Å². The molecule has 20 heavy (non-hydrogen) atoms. The molecule has 0 radical (unpaired) electrons. The van der Waals surface area contributed by atoms with Crippen molar-refractivity contribution in [2.24, 2.45) is 0 Å². The van der Waals surface area contributed by atoms with Crippen molar-refractivity contribution in [2.45, 2.75) is 25.4 Å². The molecule has 3 heteroatoms. The maximum Gasteiger partial charge on any atom is 0.240 e. The molecule has 0 aromatic heterocycles. The molecule has 0 heterocycles. The molecule has 0 aliphatic rings. The molecule has 1 atom stereocenters. The number of nitrogens with zero attached hydrogens (tertiary/aromatic N) is 1. The Bertz CT molecular complexity index is 498. The average Bonchev–Trinajstić information content (AvgIpc) is 2.48. The van der Waals surface area contributed by atoms with Gasteiger partial charge in [-0.15, -0.1) is 11.6 Å². The number of carbonyl (C=O) groups is 1. The van der Waals surface area contributed by atoms with Crippen LogP contribution < -0.4 is 0 Å². The Morgan fingerprint density at radius 1 is 0.950 bits per heavy atom. The zero-order chi connectivity index (χ0) is 14.4. The topological polar surface area (TPSA) is 20.3 Å². The van der Waals surface area contributed by atoms with Gasteiger partial charge in [-0.3, -0.25) is 4.79 Å². The summed E-state index contributed by atoms with van der Waals surface area (Å²) in [5.74, 6) is -0.0422. The van der Waals surface area contributed by atoms with Crippen LogP contribution >= 0.6 is 11.6 Å². The second-order valence-electron chi connectivity index (χ2n) is 4.78. The quantitative estimate of drug-likeness (QED) is 0.765. The van der Waals surface area contributed by atoms with Crippen LogP contribution in [0.25, 0.3) is 0 Å². The van der Waals surface area contributed by atoms with Crippen LogP contribution in [0.2, 0.25) is 0 Å². The van der Waals surface area contributed by atoms with Crippen LogP contribution in [0, 0.1) is 0 Å². The van der Waals surface area contributed by atoms with Crippen LogP contribution in [0.5, 0.6) is 0 Å². The fraction of sp³-hybridized carbons (Fsp3) is 0.235. The number of benzene rings is 2. The molecule has 0 bridgehead atoms. The van der Waals surface area contributed by atoms with Crippen molar-refractivity contribution in [1.82, 2.24) is 4.90 Å². The van der Waals surface area contributed by atoms with Crippen LogP contribution in [-0.4, -0.2) is 16.2 Å². The molecule has 0 N–H and O–H groups in total. The first-order chi connectivity index (χ1) is 9.66. The molecule has 2 nitrogen and oxygen atoms in total. The lowest BCUT2D eigenvalue weighted by Gasteiger charge is -2.24. The molecule has 0 spiro atoms. The van der Waals surface area contributed by atoms with Gasteiger partial charge in [0.15, 0.2) is 0 Å². The molecule has 0 aliphatic heterocycles. The van der Waals surface area contributed by atoms with Crippen molar-refractivity contribution in [3.8, 4) is 0 Å². The summed E-state index contributed by atoms with van der Waals surface area (Å²) >= 11 is 5.96. The van der Waals surface area contributed by atoms with Gasteiger partial charge in [0.1, 0.15) is 5.38 Å². The summed E-state index contributed by atoms with van der Waals surface area (Å²) in [7, 11) is 0. The number of rotatable bonds is 5.